The van der Waals surface area contributed by atoms with Crippen LogP contribution in [0.25, 0.3) is 0 Å². The molecule has 2 atom stereocenters. The summed E-state index contributed by atoms with van der Waals surface area (Å²) in [5.41, 5.74) is 1.43. The van der Waals surface area contributed by atoms with Gasteiger partial charge >= 0.3 is 0 Å². The smallest absolute Gasteiger partial charge is 0.0469 e. The van der Waals surface area contributed by atoms with E-state index in [-0.39, 0.29) is 0 Å². The Morgan fingerprint density at radius 1 is 1.20 bits per heavy atom. The van der Waals surface area contributed by atoms with Crippen LogP contribution in [0, 0.1) is 5.92 Å². The van der Waals surface area contributed by atoms with Crippen molar-refractivity contribution < 1.29 is 4.74 Å². The van der Waals surface area contributed by atoms with E-state index in [0.717, 1.165) is 19.1 Å². The Labute approximate surface area is 123 Å². The maximum absolute atomic E-state index is 5.48. The fourth-order valence-corrected chi connectivity index (χ4v) is 3.11. The van der Waals surface area contributed by atoms with Crippen LogP contribution in [0.5, 0.6) is 0 Å². The number of nitrogens with one attached hydrogen (secondary N) is 1. The molecule has 2 rings (SSSR count). The average molecular weight is 275 g/mol. The third-order valence-electron chi connectivity index (χ3n) is 4.49. The van der Waals surface area contributed by atoms with E-state index in [9.17, 15) is 0 Å². The van der Waals surface area contributed by atoms with Gasteiger partial charge in [0.05, 0.1) is 0 Å². The molecule has 1 N–H and O–H groups in total. The van der Waals surface area contributed by atoms with Gasteiger partial charge in [-0.15, -0.1) is 0 Å². The molecule has 2 heteroatoms. The van der Waals surface area contributed by atoms with E-state index in [1.807, 2.05) is 0 Å². The molecule has 20 heavy (non-hydrogen) atoms. The Bertz CT molecular complexity index is 359. The highest BCUT2D eigenvalue weighted by Gasteiger charge is 2.23. The summed E-state index contributed by atoms with van der Waals surface area (Å²) in [7, 11) is 0. The minimum atomic E-state index is 0.494. The number of hydrogen-bond acceptors (Lipinski definition) is 2. The zero-order chi connectivity index (χ0) is 14.2. The lowest BCUT2D eigenvalue weighted by molar-refractivity contribution is 0.0542. The first-order valence-corrected chi connectivity index (χ1v) is 8.20. The highest BCUT2D eigenvalue weighted by molar-refractivity contribution is 5.19. The molecule has 0 amide bonds. The van der Waals surface area contributed by atoms with Crippen molar-refractivity contribution in [3.05, 3.63) is 35.9 Å². The van der Waals surface area contributed by atoms with Crippen LogP contribution in [0.3, 0.4) is 0 Å². The topological polar surface area (TPSA) is 21.3 Å². The van der Waals surface area contributed by atoms with Gasteiger partial charge in [-0.25, -0.2) is 0 Å². The summed E-state index contributed by atoms with van der Waals surface area (Å²) in [6.07, 6.45) is 6.17. The number of hydrogen-bond donors (Lipinski definition) is 1. The van der Waals surface area contributed by atoms with Gasteiger partial charge in [-0.05, 0) is 37.7 Å². The summed E-state index contributed by atoms with van der Waals surface area (Å²) >= 11 is 0. The van der Waals surface area contributed by atoms with Crippen molar-refractivity contribution in [2.45, 2.75) is 58.0 Å². The van der Waals surface area contributed by atoms with Crippen molar-refractivity contribution in [3.63, 3.8) is 0 Å². The monoisotopic (exact) mass is 275 g/mol. The van der Waals surface area contributed by atoms with Crippen LogP contribution in [-0.2, 0) is 4.74 Å². The van der Waals surface area contributed by atoms with Gasteiger partial charge in [0.2, 0.25) is 0 Å². The molecule has 0 radical (unpaired) electrons. The Hall–Kier alpha value is -0.860. The summed E-state index contributed by atoms with van der Waals surface area (Å²) in [4.78, 5) is 0. The predicted molar refractivity (Wildman–Crippen MR) is 84.8 cm³/mol. The Morgan fingerprint density at radius 2 is 1.90 bits per heavy atom. The minimum absolute atomic E-state index is 0.494. The number of rotatable bonds is 7. The molecule has 0 aliphatic carbocycles. The van der Waals surface area contributed by atoms with Crippen molar-refractivity contribution in [1.29, 1.82) is 0 Å². The molecule has 0 aromatic heterocycles. The lowest BCUT2D eigenvalue weighted by Gasteiger charge is -2.32. The minimum Gasteiger partial charge on any atom is -0.381 e. The molecular formula is C18H29NO. The summed E-state index contributed by atoms with van der Waals surface area (Å²) in [5.74, 6) is 0.761. The molecule has 0 saturated carbocycles. The van der Waals surface area contributed by atoms with E-state index in [1.54, 1.807) is 0 Å². The number of ether oxygens (including phenoxy) is 1. The first kappa shape index (κ1) is 15.5. The summed E-state index contributed by atoms with van der Waals surface area (Å²) in [5, 5.41) is 3.88. The van der Waals surface area contributed by atoms with Gasteiger partial charge in [0, 0.05) is 25.3 Å². The molecule has 1 fully saturated rings. The van der Waals surface area contributed by atoms with E-state index >= 15 is 0 Å². The molecule has 1 aliphatic heterocycles. The van der Waals surface area contributed by atoms with Gasteiger partial charge < -0.3 is 10.1 Å². The quantitative estimate of drug-likeness (QED) is 0.800. The molecule has 1 saturated heterocycles. The van der Waals surface area contributed by atoms with E-state index in [2.05, 4.69) is 49.5 Å². The largest absolute Gasteiger partial charge is 0.381 e. The molecule has 2 nitrogen and oxygen atoms in total. The van der Waals surface area contributed by atoms with Crippen molar-refractivity contribution >= 4 is 0 Å². The SMILES string of the molecule is CCCCC(NC(C)C1CCOCC1)c1ccccc1. The van der Waals surface area contributed by atoms with Crippen molar-refractivity contribution in [2.75, 3.05) is 13.2 Å². The molecule has 1 aliphatic rings. The van der Waals surface area contributed by atoms with Crippen LogP contribution in [0.15, 0.2) is 30.3 Å². The molecule has 0 spiro atoms. The van der Waals surface area contributed by atoms with Gasteiger partial charge in [-0.1, -0.05) is 50.1 Å². The van der Waals surface area contributed by atoms with Crippen molar-refractivity contribution in [3.8, 4) is 0 Å². The number of unbranched alkanes of at least 4 members (excludes halogenated alkanes) is 1. The Morgan fingerprint density at radius 3 is 2.55 bits per heavy atom. The summed E-state index contributed by atoms with van der Waals surface area (Å²) < 4.78 is 5.48. The standard InChI is InChI=1S/C18H29NO/c1-3-4-10-18(17-8-6-5-7-9-17)19-15(2)16-11-13-20-14-12-16/h5-9,15-16,18-19H,3-4,10-14H2,1-2H3. The third kappa shape index (κ3) is 4.60. The molecule has 112 valence electrons. The van der Waals surface area contributed by atoms with E-state index in [1.165, 1.54) is 37.7 Å². The highest BCUT2D eigenvalue weighted by atomic mass is 16.5. The summed E-state index contributed by atoms with van der Waals surface area (Å²) in [6, 6.07) is 12.0. The number of benzene rings is 1. The van der Waals surface area contributed by atoms with Crippen LogP contribution in [0.1, 0.15) is 57.6 Å². The van der Waals surface area contributed by atoms with E-state index in [4.69, 9.17) is 4.74 Å². The second kappa shape index (κ2) is 8.43. The van der Waals surface area contributed by atoms with Gasteiger partial charge in [0.15, 0.2) is 0 Å². The third-order valence-corrected chi connectivity index (χ3v) is 4.49. The van der Waals surface area contributed by atoms with Crippen LogP contribution < -0.4 is 5.32 Å². The van der Waals surface area contributed by atoms with E-state index < -0.39 is 0 Å². The molecule has 1 heterocycles. The fraction of sp³-hybridized carbons (Fsp3) is 0.667. The second-order valence-corrected chi connectivity index (χ2v) is 6.01. The molecule has 0 bridgehead atoms. The maximum atomic E-state index is 5.48. The zero-order valence-electron chi connectivity index (χ0n) is 13.0. The first-order valence-electron chi connectivity index (χ1n) is 8.20. The first-order chi connectivity index (χ1) is 9.81. The second-order valence-electron chi connectivity index (χ2n) is 6.01. The van der Waals surface area contributed by atoms with Gasteiger partial charge in [0.1, 0.15) is 0 Å². The normalized spacial score (nSPS) is 19.7. The van der Waals surface area contributed by atoms with Crippen LogP contribution in [-0.4, -0.2) is 19.3 Å². The van der Waals surface area contributed by atoms with Gasteiger partial charge in [0.25, 0.3) is 0 Å². The lowest BCUT2D eigenvalue weighted by atomic mass is 9.91. The van der Waals surface area contributed by atoms with Crippen LogP contribution >= 0.6 is 0 Å². The molecule has 2 unspecified atom stereocenters. The predicted octanol–water partition coefficient (Wildman–Crippen LogP) is 4.32. The zero-order valence-corrected chi connectivity index (χ0v) is 13.0. The van der Waals surface area contributed by atoms with Crippen molar-refractivity contribution in [1.82, 2.24) is 5.32 Å². The fourth-order valence-electron chi connectivity index (χ4n) is 3.11. The highest BCUT2D eigenvalue weighted by Crippen LogP contribution is 2.24. The maximum Gasteiger partial charge on any atom is 0.0469 e. The summed E-state index contributed by atoms with van der Waals surface area (Å²) in [6.45, 7) is 6.48. The van der Waals surface area contributed by atoms with Crippen LogP contribution in [0.2, 0.25) is 0 Å². The lowest BCUT2D eigenvalue weighted by Crippen LogP contribution is -2.39. The van der Waals surface area contributed by atoms with Gasteiger partial charge in [-0.2, -0.15) is 0 Å². The molecule has 1 aromatic rings. The van der Waals surface area contributed by atoms with Crippen LogP contribution in [0.4, 0.5) is 0 Å². The molecular weight excluding hydrogens is 246 g/mol. The van der Waals surface area contributed by atoms with Crippen molar-refractivity contribution in [2.24, 2.45) is 5.92 Å². The van der Waals surface area contributed by atoms with E-state index in [0.29, 0.717) is 12.1 Å². The van der Waals surface area contributed by atoms with Gasteiger partial charge in [-0.3, -0.25) is 0 Å². The molecule has 1 aromatic carbocycles. The average Bonchev–Trinajstić information content (AvgIpc) is 2.53. The Kier molecular flexibility index (Phi) is 6.55. The Balaban J connectivity index is 1.95.